The van der Waals surface area contributed by atoms with Gasteiger partial charge in [-0.05, 0) is 26.3 Å². The van der Waals surface area contributed by atoms with Crippen molar-refractivity contribution in [1.29, 1.82) is 0 Å². The van der Waals surface area contributed by atoms with Gasteiger partial charge in [0.15, 0.2) is 0 Å². The number of piperidine rings is 1. The fourth-order valence-corrected chi connectivity index (χ4v) is 3.32. The third-order valence-corrected chi connectivity index (χ3v) is 5.00. The summed E-state index contributed by atoms with van der Waals surface area (Å²) in [6.45, 7) is 5.87. The van der Waals surface area contributed by atoms with E-state index in [1.807, 2.05) is 17.9 Å². The Morgan fingerprint density at radius 3 is 3.08 bits per heavy atom. The first-order valence-electron chi connectivity index (χ1n) is 9.02. The summed E-state index contributed by atoms with van der Waals surface area (Å²) < 4.78 is 12.1. The first-order valence-corrected chi connectivity index (χ1v) is 9.02. The predicted octanol–water partition coefficient (Wildman–Crippen LogP) is 1.47. The van der Waals surface area contributed by atoms with Gasteiger partial charge >= 0.3 is 0 Å². The summed E-state index contributed by atoms with van der Waals surface area (Å²) in [5.74, 6) is 0.292. The van der Waals surface area contributed by atoms with Gasteiger partial charge in [0.2, 0.25) is 5.76 Å². The molecule has 142 valence electrons. The molecule has 1 fully saturated rings. The minimum absolute atomic E-state index is 0.251. The second-order valence-electron chi connectivity index (χ2n) is 6.82. The van der Waals surface area contributed by atoms with Gasteiger partial charge in [-0.2, -0.15) is 5.10 Å². The number of nitrogens with one attached hydrogen (secondary N) is 1. The molecule has 3 heterocycles. The van der Waals surface area contributed by atoms with Crippen LogP contribution in [-0.2, 0) is 18.3 Å². The lowest BCUT2D eigenvalue weighted by Crippen LogP contribution is -2.34. The number of aryl methyl sites for hydroxylation is 1. The smallest absolute Gasteiger partial charge is 0.289 e. The molecule has 1 atom stereocenters. The molecule has 0 aliphatic carbocycles. The number of ether oxygens (including phenoxy) is 1. The van der Waals surface area contributed by atoms with Crippen molar-refractivity contribution >= 4 is 5.91 Å². The molecule has 0 radical (unpaired) electrons. The number of rotatable bonds is 7. The van der Waals surface area contributed by atoms with Crippen LogP contribution in [0.15, 0.2) is 16.8 Å². The molecule has 0 bridgehead atoms. The molecule has 3 rings (SSSR count). The summed E-state index contributed by atoms with van der Waals surface area (Å²) in [4.78, 5) is 14.5. The molecular weight excluding hydrogens is 334 g/mol. The van der Waals surface area contributed by atoms with Gasteiger partial charge in [-0.25, -0.2) is 0 Å². The van der Waals surface area contributed by atoms with Crippen LogP contribution in [-0.4, -0.2) is 59.1 Å². The Balaban J connectivity index is 1.59. The first-order chi connectivity index (χ1) is 12.6. The number of aromatic nitrogens is 3. The topological polar surface area (TPSA) is 85.4 Å². The average molecular weight is 361 g/mol. The van der Waals surface area contributed by atoms with Crippen molar-refractivity contribution in [2.45, 2.75) is 32.2 Å². The van der Waals surface area contributed by atoms with Crippen molar-refractivity contribution in [3.63, 3.8) is 0 Å². The van der Waals surface area contributed by atoms with E-state index in [0.717, 1.165) is 38.2 Å². The Morgan fingerprint density at radius 2 is 2.35 bits per heavy atom. The second-order valence-corrected chi connectivity index (χ2v) is 6.82. The Morgan fingerprint density at radius 1 is 1.50 bits per heavy atom. The van der Waals surface area contributed by atoms with Gasteiger partial charge in [0.1, 0.15) is 0 Å². The van der Waals surface area contributed by atoms with Crippen molar-refractivity contribution in [3.05, 3.63) is 35.0 Å². The zero-order valence-corrected chi connectivity index (χ0v) is 15.7. The summed E-state index contributed by atoms with van der Waals surface area (Å²) in [6.07, 6.45) is 4.10. The van der Waals surface area contributed by atoms with Crippen molar-refractivity contribution < 1.29 is 14.1 Å². The van der Waals surface area contributed by atoms with Crippen molar-refractivity contribution in [2.75, 3.05) is 33.4 Å². The van der Waals surface area contributed by atoms with E-state index in [1.54, 1.807) is 13.2 Å². The fraction of sp³-hybridized carbons (Fsp3) is 0.611. The Kier molecular flexibility index (Phi) is 6.05. The molecule has 1 unspecified atom stereocenters. The predicted molar refractivity (Wildman–Crippen MR) is 95.9 cm³/mol. The van der Waals surface area contributed by atoms with Gasteiger partial charge in [0.05, 0.1) is 18.5 Å². The number of carbonyl (C=O) groups is 1. The molecule has 0 saturated carbocycles. The minimum atomic E-state index is -0.251. The lowest BCUT2D eigenvalue weighted by Gasteiger charge is -2.31. The zero-order chi connectivity index (χ0) is 18.5. The van der Waals surface area contributed by atoms with Gasteiger partial charge in [-0.15, -0.1) is 0 Å². The molecule has 0 spiro atoms. The highest BCUT2D eigenvalue weighted by Crippen LogP contribution is 2.27. The largest absolute Gasteiger partial charge is 0.383 e. The summed E-state index contributed by atoms with van der Waals surface area (Å²) >= 11 is 0. The zero-order valence-electron chi connectivity index (χ0n) is 15.7. The number of hydrogen-bond donors (Lipinski definition) is 1. The molecule has 8 nitrogen and oxygen atoms in total. The van der Waals surface area contributed by atoms with Gasteiger partial charge < -0.3 is 14.6 Å². The monoisotopic (exact) mass is 361 g/mol. The molecule has 2 aromatic heterocycles. The molecule has 26 heavy (non-hydrogen) atoms. The van der Waals surface area contributed by atoms with E-state index >= 15 is 0 Å². The Bertz CT molecular complexity index is 739. The average Bonchev–Trinajstić information content (AvgIpc) is 3.25. The quantitative estimate of drug-likeness (QED) is 0.752. The number of methoxy groups -OCH3 is 1. The summed E-state index contributed by atoms with van der Waals surface area (Å²) in [5, 5.41) is 11.2. The van der Waals surface area contributed by atoms with E-state index in [-0.39, 0.29) is 17.6 Å². The lowest BCUT2D eigenvalue weighted by atomic mass is 9.94. The molecule has 1 saturated heterocycles. The van der Waals surface area contributed by atoms with Crippen molar-refractivity contribution in [2.24, 2.45) is 7.05 Å². The van der Waals surface area contributed by atoms with Crippen LogP contribution < -0.4 is 5.32 Å². The number of nitrogens with zero attached hydrogens (tertiary/aromatic N) is 4. The molecule has 0 aromatic carbocycles. The standard InChI is InChI=1S/C18H27N5O3/c1-13-15(10-20-22(13)2)12-23-7-4-5-14(11-23)16-9-17(26-21-16)18(24)19-6-8-25-3/h9-10,14H,4-8,11-12H2,1-3H3,(H,19,24). The van der Waals surface area contributed by atoms with Crippen molar-refractivity contribution in [1.82, 2.24) is 25.2 Å². The highest BCUT2D eigenvalue weighted by molar-refractivity contribution is 5.91. The lowest BCUT2D eigenvalue weighted by molar-refractivity contribution is 0.0900. The van der Waals surface area contributed by atoms with E-state index in [1.165, 1.54) is 11.3 Å². The minimum Gasteiger partial charge on any atom is -0.383 e. The molecule has 1 N–H and O–H groups in total. The van der Waals surface area contributed by atoms with E-state index in [4.69, 9.17) is 9.26 Å². The van der Waals surface area contributed by atoms with Crippen LogP contribution in [0.2, 0.25) is 0 Å². The van der Waals surface area contributed by atoms with E-state index in [2.05, 4.69) is 27.4 Å². The maximum absolute atomic E-state index is 12.0. The number of likely N-dealkylation sites (tertiary alicyclic amines) is 1. The first kappa shape index (κ1) is 18.6. The highest BCUT2D eigenvalue weighted by atomic mass is 16.5. The fourth-order valence-electron chi connectivity index (χ4n) is 3.32. The van der Waals surface area contributed by atoms with Gasteiger partial charge in [-0.3, -0.25) is 14.4 Å². The van der Waals surface area contributed by atoms with E-state index in [9.17, 15) is 4.79 Å². The summed E-state index contributed by atoms with van der Waals surface area (Å²) in [7, 11) is 3.56. The molecule has 8 heteroatoms. The van der Waals surface area contributed by atoms with E-state index in [0.29, 0.717) is 13.2 Å². The van der Waals surface area contributed by atoms with Gasteiger partial charge in [0, 0.05) is 57.0 Å². The van der Waals surface area contributed by atoms with Crippen LogP contribution in [0.3, 0.4) is 0 Å². The van der Waals surface area contributed by atoms with Crippen LogP contribution in [0.1, 0.15) is 46.3 Å². The number of carbonyl (C=O) groups excluding carboxylic acids is 1. The molecule has 2 aromatic rings. The number of hydrogen-bond acceptors (Lipinski definition) is 6. The normalized spacial score (nSPS) is 18.2. The summed E-state index contributed by atoms with van der Waals surface area (Å²) in [6, 6.07) is 1.77. The third-order valence-electron chi connectivity index (χ3n) is 5.00. The maximum Gasteiger partial charge on any atom is 0.289 e. The van der Waals surface area contributed by atoms with E-state index < -0.39 is 0 Å². The molecule has 1 aliphatic heterocycles. The van der Waals surface area contributed by atoms with Crippen LogP contribution in [0.5, 0.6) is 0 Å². The van der Waals surface area contributed by atoms with Crippen LogP contribution >= 0.6 is 0 Å². The molecular formula is C18H27N5O3. The SMILES string of the molecule is COCCNC(=O)c1cc(C2CCCN(Cc3cnn(C)c3C)C2)no1. The Hall–Kier alpha value is -2.19. The maximum atomic E-state index is 12.0. The van der Waals surface area contributed by atoms with Crippen LogP contribution in [0.4, 0.5) is 0 Å². The Labute approximate surface area is 153 Å². The second kappa shape index (κ2) is 8.46. The summed E-state index contributed by atoms with van der Waals surface area (Å²) in [5.41, 5.74) is 3.31. The van der Waals surface area contributed by atoms with Crippen molar-refractivity contribution in [3.8, 4) is 0 Å². The highest BCUT2D eigenvalue weighted by Gasteiger charge is 2.26. The third kappa shape index (κ3) is 4.31. The molecule has 1 amide bonds. The molecule has 1 aliphatic rings. The van der Waals surface area contributed by atoms with Gasteiger partial charge in [0.25, 0.3) is 5.91 Å². The number of amides is 1. The van der Waals surface area contributed by atoms with Crippen LogP contribution in [0.25, 0.3) is 0 Å². The van der Waals surface area contributed by atoms with Gasteiger partial charge in [-0.1, -0.05) is 5.16 Å². The van der Waals surface area contributed by atoms with Crippen LogP contribution in [0, 0.1) is 6.92 Å².